The number of hydrogen-bond donors (Lipinski definition) is 0. The molecule has 3 aliphatic rings. The standard InChI is InChI=1S/C8H10Cl2.C8H11Cl.C8H13N.C8H12O.C7H9Cl2N.3C7H11NS.CH4/c1-5(2)7-3-6(9)4-8(7)10;1-6(2)7-4-3-5-8(7)9;1-7(2)8-5-4-6-9(8)3;1-6(2)8-5-9-4-7(8)3;1-4(2)7-5(8)3-6(9)10-7;1-5(2)7-6(3)8-4-9-7;1-5(2)7-4-9-8-6(7)3;1-5(2)7-4-8-9-6(7)3;/h3,5H,4H2,1-2H3;4-6H,3H2,1-2H3;4-7H,1-3H3;4-6H,1-3H3;4H,3H2,1-2H3;3*4-5H,1-3H3;1H4. The van der Waals surface area contributed by atoms with Crippen LogP contribution in [0.3, 0.4) is 0 Å². The van der Waals surface area contributed by atoms with E-state index in [4.69, 9.17) is 62.4 Å². The van der Waals surface area contributed by atoms with E-state index in [9.17, 15) is 0 Å². The average Bonchev–Trinajstić information content (AvgIpc) is 4.16. The van der Waals surface area contributed by atoms with Crippen LogP contribution in [0, 0.1) is 45.4 Å². The Morgan fingerprint density at radius 2 is 1.27 bits per heavy atom. The Kier molecular flexibility index (Phi) is 35.8. The van der Waals surface area contributed by atoms with Gasteiger partial charge in [0.05, 0.1) is 35.1 Å². The van der Waals surface area contributed by atoms with Crippen LogP contribution in [0.15, 0.2) is 113 Å². The monoisotopic (exact) mass is 1180 g/mol. The highest BCUT2D eigenvalue weighted by atomic mass is 35.5. The summed E-state index contributed by atoms with van der Waals surface area (Å²) in [5, 5.41) is 6.23. The number of aryl methyl sites for hydroxylation is 5. The number of aromatic nitrogens is 4. The molecule has 14 heteroatoms. The van der Waals surface area contributed by atoms with Crippen LogP contribution in [0.2, 0.25) is 0 Å². The predicted molar refractivity (Wildman–Crippen MR) is 340 cm³/mol. The minimum Gasteiger partial charge on any atom is -0.472 e. The lowest BCUT2D eigenvalue weighted by Crippen LogP contribution is -1.95. The summed E-state index contributed by atoms with van der Waals surface area (Å²) in [6, 6.07) is 4.24. The van der Waals surface area contributed by atoms with Gasteiger partial charge in [0.1, 0.15) is 5.17 Å². The Morgan fingerprint density at radius 3 is 1.48 bits per heavy atom. The second kappa shape index (κ2) is 37.2. The number of aliphatic imine (C=N–C) groups is 1. The molecule has 5 aromatic rings. The van der Waals surface area contributed by atoms with Crippen molar-refractivity contribution in [1.82, 2.24) is 18.3 Å². The molecule has 0 spiro atoms. The molecule has 0 bridgehead atoms. The third-order valence-corrected chi connectivity index (χ3v) is 15.9. The molecule has 0 aromatic carbocycles. The topological polar surface area (TPSA) is 69.1 Å². The van der Waals surface area contributed by atoms with Gasteiger partial charge in [-0.3, -0.25) is 0 Å². The molecule has 0 saturated carbocycles. The maximum absolute atomic E-state index is 5.91. The van der Waals surface area contributed by atoms with Crippen LogP contribution in [0.5, 0.6) is 0 Å². The third kappa shape index (κ3) is 26.7. The summed E-state index contributed by atoms with van der Waals surface area (Å²) in [4.78, 5) is 11.0. The summed E-state index contributed by atoms with van der Waals surface area (Å²) < 4.78 is 15.4. The highest BCUT2D eigenvalue weighted by molar-refractivity contribution is 7.09. The van der Waals surface area contributed by atoms with Crippen molar-refractivity contribution in [3.63, 3.8) is 0 Å². The first-order chi connectivity index (χ1) is 34.5. The van der Waals surface area contributed by atoms with Gasteiger partial charge in [-0.2, -0.15) is 4.37 Å². The van der Waals surface area contributed by atoms with Gasteiger partial charge in [0.15, 0.2) is 0 Å². The summed E-state index contributed by atoms with van der Waals surface area (Å²) >= 11 is 34.0. The second-order valence-corrected chi connectivity index (χ2v) is 25.6. The molecule has 0 N–H and O–H groups in total. The molecule has 0 radical (unpaired) electrons. The van der Waals surface area contributed by atoms with Crippen LogP contribution in [0.25, 0.3) is 0 Å². The summed E-state index contributed by atoms with van der Waals surface area (Å²) in [5.74, 6) is 4.57. The normalized spacial score (nSPS) is 13.6. The van der Waals surface area contributed by atoms with Gasteiger partial charge in [-0.15, -0.1) is 11.3 Å². The number of hydrogen-bond acceptors (Lipinski definition) is 8. The molecule has 420 valence electrons. The van der Waals surface area contributed by atoms with Gasteiger partial charge in [0, 0.05) is 73.2 Å². The number of nitrogens with zero attached hydrogens (tertiary/aromatic N) is 5. The van der Waals surface area contributed by atoms with Gasteiger partial charge in [-0.05, 0) is 156 Å². The molecule has 5 aromatic heterocycles. The predicted octanol–water partition coefficient (Wildman–Crippen LogP) is 23.1. The van der Waals surface area contributed by atoms with Gasteiger partial charge >= 0.3 is 0 Å². The number of thiazole rings is 1. The molecule has 8 rings (SSSR count). The first-order valence-electron chi connectivity index (χ1n) is 25.8. The van der Waals surface area contributed by atoms with Crippen LogP contribution in [0.1, 0.15) is 216 Å². The molecular weight excluding hydrogens is 1090 g/mol. The zero-order valence-electron chi connectivity index (χ0n) is 48.3. The van der Waals surface area contributed by atoms with Gasteiger partial charge in [0.2, 0.25) is 0 Å². The van der Waals surface area contributed by atoms with Crippen molar-refractivity contribution >= 4 is 97.6 Å². The molecule has 0 saturated heterocycles. The lowest BCUT2D eigenvalue weighted by atomic mass is 10.0. The highest BCUT2D eigenvalue weighted by Gasteiger charge is 2.17. The van der Waals surface area contributed by atoms with Crippen molar-refractivity contribution in [2.45, 2.75) is 195 Å². The van der Waals surface area contributed by atoms with Crippen molar-refractivity contribution in [2.75, 3.05) is 0 Å². The molecule has 0 atom stereocenters. The third-order valence-electron chi connectivity index (χ3n) is 11.7. The molecule has 1 aliphatic heterocycles. The van der Waals surface area contributed by atoms with E-state index in [1.807, 2.05) is 24.0 Å². The quantitative estimate of drug-likeness (QED) is 0.155. The van der Waals surface area contributed by atoms with E-state index in [1.54, 1.807) is 40.7 Å². The van der Waals surface area contributed by atoms with E-state index in [2.05, 4.69) is 205 Å². The molecule has 0 fully saturated rings. The Hall–Kier alpha value is -2.73. The number of furan rings is 1. The fourth-order valence-corrected chi connectivity index (χ4v) is 11.8. The molecule has 2 aliphatic carbocycles. The van der Waals surface area contributed by atoms with Crippen molar-refractivity contribution in [3.05, 3.63) is 152 Å². The molecule has 6 heterocycles. The first kappa shape index (κ1) is 72.3. The minimum absolute atomic E-state index is 0. The highest BCUT2D eigenvalue weighted by Crippen LogP contribution is 2.34. The summed E-state index contributed by atoms with van der Waals surface area (Å²) in [6.45, 7) is 42.9. The Bertz CT molecular complexity index is 2290. The van der Waals surface area contributed by atoms with Crippen molar-refractivity contribution in [1.29, 1.82) is 0 Å². The van der Waals surface area contributed by atoms with Crippen molar-refractivity contribution in [2.24, 2.45) is 29.8 Å². The Labute approximate surface area is 493 Å². The van der Waals surface area contributed by atoms with E-state index in [0.717, 1.165) is 38.7 Å². The lowest BCUT2D eigenvalue weighted by Gasteiger charge is -2.04. The lowest BCUT2D eigenvalue weighted by molar-refractivity contribution is 0.560. The van der Waals surface area contributed by atoms with Crippen molar-refractivity contribution < 1.29 is 4.42 Å². The molecule has 75 heavy (non-hydrogen) atoms. The summed E-state index contributed by atoms with van der Waals surface area (Å²) in [7, 11) is 2.08. The fourth-order valence-electron chi connectivity index (χ4n) is 7.55. The molecule has 6 nitrogen and oxygen atoms in total. The number of halogens is 5. The maximum atomic E-state index is 5.91. The van der Waals surface area contributed by atoms with Gasteiger partial charge in [-0.1, -0.05) is 188 Å². The van der Waals surface area contributed by atoms with E-state index < -0.39 is 0 Å². The van der Waals surface area contributed by atoms with Gasteiger partial charge in [0.25, 0.3) is 0 Å². The van der Waals surface area contributed by atoms with Gasteiger partial charge in [-0.25, -0.2) is 14.3 Å². The SMILES string of the molecule is C.CC(C)C1=C(Cl)CC(Cl)=C1.CC(C)C1=C(Cl)CC(Cl)=N1.CC(C)C1=CCC=C1Cl.CC(C)c1cccn1C.Cc1cocc1C(C)C.Cc1ncsc1C(C)C.Cc1nscc1C(C)C.Cc1sncc1C(C)C. The average molecular weight is 1180 g/mol. The van der Waals surface area contributed by atoms with E-state index in [1.165, 1.54) is 60.2 Å². The van der Waals surface area contributed by atoms with Crippen LogP contribution in [-0.4, -0.2) is 23.5 Å². The largest absolute Gasteiger partial charge is 0.472 e. The summed E-state index contributed by atoms with van der Waals surface area (Å²) in [5.41, 5.74) is 14.5. The minimum atomic E-state index is 0. The number of rotatable bonds is 8. The smallest absolute Gasteiger partial charge is 0.111 e. The molecule has 0 amide bonds. The van der Waals surface area contributed by atoms with Crippen LogP contribution in [0.4, 0.5) is 0 Å². The van der Waals surface area contributed by atoms with E-state index >= 15 is 0 Å². The molecule has 0 unspecified atom stereocenters. The van der Waals surface area contributed by atoms with Gasteiger partial charge < -0.3 is 8.98 Å². The molecular formula is C61H92Cl5N5OS3. The van der Waals surface area contributed by atoms with Crippen LogP contribution in [-0.2, 0) is 7.05 Å². The Balaban J connectivity index is 0.000000833. The zero-order chi connectivity index (χ0) is 56.6. The maximum Gasteiger partial charge on any atom is 0.111 e. The second-order valence-electron chi connectivity index (χ2n) is 20.8. The van der Waals surface area contributed by atoms with E-state index in [-0.39, 0.29) is 7.43 Å². The Morgan fingerprint density at radius 1 is 0.653 bits per heavy atom. The van der Waals surface area contributed by atoms with Crippen LogP contribution < -0.4 is 0 Å². The van der Waals surface area contributed by atoms with Crippen molar-refractivity contribution in [3.8, 4) is 0 Å². The van der Waals surface area contributed by atoms with E-state index in [0.29, 0.717) is 58.9 Å². The zero-order valence-corrected chi connectivity index (χ0v) is 54.6. The summed E-state index contributed by atoms with van der Waals surface area (Å²) in [6.07, 6.45) is 16.2. The van der Waals surface area contributed by atoms with Crippen LogP contribution >= 0.6 is 92.4 Å². The fraction of sp³-hybridized carbons (Fsp3) is 0.541. The first-order valence-corrected chi connectivity index (χ1v) is 30.2. The number of allylic oxidation sites excluding steroid dienone is 10.